The van der Waals surface area contributed by atoms with Crippen molar-refractivity contribution in [2.24, 2.45) is 0 Å². The number of anilines is 1. The Morgan fingerprint density at radius 1 is 1.29 bits per heavy atom. The molecule has 3 N–H and O–H groups in total. The van der Waals surface area contributed by atoms with Crippen LogP contribution in [0, 0.1) is 0 Å². The molecule has 0 saturated heterocycles. The van der Waals surface area contributed by atoms with E-state index in [0.29, 0.717) is 28.2 Å². The van der Waals surface area contributed by atoms with Gasteiger partial charge >= 0.3 is 0 Å². The lowest BCUT2D eigenvalue weighted by atomic mass is 10.1. The molecule has 0 unspecified atom stereocenters. The summed E-state index contributed by atoms with van der Waals surface area (Å²) in [6, 6.07) is 5.10. The van der Waals surface area contributed by atoms with E-state index >= 15 is 0 Å². The topological polar surface area (TPSA) is 63.9 Å². The first kappa shape index (κ1) is 12.1. The number of rotatable bonds is 3. The highest BCUT2D eigenvalue weighted by Crippen LogP contribution is 2.36. The average Bonchev–Trinajstić information content (AvgIpc) is 2.70. The first-order valence-corrected chi connectivity index (χ1v) is 5.80. The number of aromatic nitrogens is 2. The summed E-state index contributed by atoms with van der Waals surface area (Å²) in [5.74, 6) is 0.969. The minimum absolute atomic E-state index is 0.404. The lowest BCUT2D eigenvalue weighted by Gasteiger charge is -2.08. The summed E-state index contributed by atoms with van der Waals surface area (Å²) in [6.07, 6.45) is 0. The third-order valence-electron chi connectivity index (χ3n) is 2.21. The van der Waals surface area contributed by atoms with Crippen LogP contribution in [0.5, 0.6) is 5.75 Å². The summed E-state index contributed by atoms with van der Waals surface area (Å²) >= 11 is 12.2. The summed E-state index contributed by atoms with van der Waals surface area (Å²) < 4.78 is 5.35. The van der Waals surface area contributed by atoms with E-state index in [0.717, 1.165) is 11.3 Å². The molecule has 0 saturated carbocycles. The van der Waals surface area contributed by atoms with E-state index in [1.54, 1.807) is 18.2 Å². The molecule has 0 radical (unpaired) electrons. The Kier molecular flexibility index (Phi) is 3.45. The molecule has 0 aliphatic rings. The maximum absolute atomic E-state index is 6.15. The highest BCUT2D eigenvalue weighted by atomic mass is 35.5. The van der Waals surface area contributed by atoms with Gasteiger partial charge in [0.15, 0.2) is 0 Å². The molecule has 0 spiro atoms. The van der Waals surface area contributed by atoms with Crippen molar-refractivity contribution in [1.82, 2.24) is 10.2 Å². The van der Waals surface area contributed by atoms with Gasteiger partial charge in [0.05, 0.1) is 22.3 Å². The third-order valence-corrected chi connectivity index (χ3v) is 2.82. The van der Waals surface area contributed by atoms with Crippen LogP contribution in [0.1, 0.15) is 6.92 Å². The first-order valence-electron chi connectivity index (χ1n) is 5.05. The molecule has 6 heteroatoms. The van der Waals surface area contributed by atoms with Gasteiger partial charge in [-0.2, -0.15) is 5.10 Å². The fourth-order valence-corrected chi connectivity index (χ4v) is 1.95. The fraction of sp³-hybridized carbons (Fsp3) is 0.182. The number of hydrogen-bond donors (Lipinski definition) is 2. The molecule has 1 aromatic heterocycles. The van der Waals surface area contributed by atoms with E-state index in [9.17, 15) is 0 Å². The van der Waals surface area contributed by atoms with Crippen LogP contribution in [0.15, 0.2) is 18.2 Å². The van der Waals surface area contributed by atoms with Gasteiger partial charge in [-0.1, -0.05) is 23.2 Å². The lowest BCUT2D eigenvalue weighted by Crippen LogP contribution is -1.93. The second-order valence-corrected chi connectivity index (χ2v) is 4.22. The summed E-state index contributed by atoms with van der Waals surface area (Å²) in [5.41, 5.74) is 7.00. The predicted molar refractivity (Wildman–Crippen MR) is 69.6 cm³/mol. The molecule has 1 heterocycles. The number of nitrogens with one attached hydrogen (secondary N) is 1. The van der Waals surface area contributed by atoms with Gasteiger partial charge in [-0.05, 0) is 13.0 Å². The van der Waals surface area contributed by atoms with Crippen molar-refractivity contribution in [2.75, 3.05) is 12.3 Å². The minimum Gasteiger partial charge on any atom is -0.492 e. The van der Waals surface area contributed by atoms with E-state index < -0.39 is 0 Å². The SMILES string of the molecule is CCOc1cc(Cl)c(-c2cc(N)n[nH]2)cc1Cl. The van der Waals surface area contributed by atoms with E-state index in [1.807, 2.05) is 6.92 Å². The number of nitrogens with zero attached hydrogens (tertiary/aromatic N) is 1. The maximum atomic E-state index is 6.15. The Morgan fingerprint density at radius 3 is 2.65 bits per heavy atom. The Balaban J connectivity index is 2.46. The molecule has 90 valence electrons. The van der Waals surface area contributed by atoms with Crippen molar-refractivity contribution >= 4 is 29.0 Å². The quantitative estimate of drug-likeness (QED) is 0.900. The van der Waals surface area contributed by atoms with Gasteiger partial charge in [0.2, 0.25) is 0 Å². The van der Waals surface area contributed by atoms with Crippen LogP contribution >= 0.6 is 23.2 Å². The molecule has 0 atom stereocenters. The Hall–Kier alpha value is -1.39. The van der Waals surface area contributed by atoms with Gasteiger partial charge in [-0.15, -0.1) is 0 Å². The lowest BCUT2D eigenvalue weighted by molar-refractivity contribution is 0.340. The fourth-order valence-electron chi connectivity index (χ4n) is 1.48. The zero-order valence-electron chi connectivity index (χ0n) is 9.13. The van der Waals surface area contributed by atoms with Gasteiger partial charge in [0.1, 0.15) is 11.6 Å². The van der Waals surface area contributed by atoms with E-state index in [-0.39, 0.29) is 0 Å². The smallest absolute Gasteiger partial charge is 0.145 e. The highest BCUT2D eigenvalue weighted by Gasteiger charge is 2.11. The monoisotopic (exact) mass is 271 g/mol. The largest absolute Gasteiger partial charge is 0.492 e. The molecular weight excluding hydrogens is 261 g/mol. The van der Waals surface area contributed by atoms with Crippen molar-refractivity contribution in [3.8, 4) is 17.0 Å². The number of aromatic amines is 1. The molecule has 4 nitrogen and oxygen atoms in total. The van der Waals surface area contributed by atoms with E-state index in [1.165, 1.54) is 0 Å². The van der Waals surface area contributed by atoms with Gasteiger partial charge < -0.3 is 10.5 Å². The Morgan fingerprint density at radius 2 is 2.06 bits per heavy atom. The third kappa shape index (κ3) is 2.48. The summed E-state index contributed by atoms with van der Waals surface area (Å²) in [4.78, 5) is 0. The zero-order chi connectivity index (χ0) is 12.4. The standard InChI is InChI=1S/C11H11Cl2N3O/c1-2-17-10-4-7(12)6(3-8(10)13)9-5-11(14)16-15-9/h3-5H,2H2,1H3,(H3,14,15,16). The number of nitrogens with two attached hydrogens (primary N) is 1. The number of H-pyrrole nitrogens is 1. The van der Waals surface area contributed by atoms with Crippen molar-refractivity contribution in [3.63, 3.8) is 0 Å². The van der Waals surface area contributed by atoms with Gasteiger partial charge in [-0.25, -0.2) is 0 Å². The summed E-state index contributed by atoms with van der Waals surface area (Å²) in [6.45, 7) is 2.42. The van der Waals surface area contributed by atoms with E-state index in [4.69, 9.17) is 33.7 Å². The van der Waals surface area contributed by atoms with Crippen LogP contribution in [-0.2, 0) is 0 Å². The number of nitrogen functional groups attached to an aromatic ring is 1. The second-order valence-electron chi connectivity index (χ2n) is 3.40. The molecule has 0 amide bonds. The molecule has 0 aliphatic heterocycles. The summed E-state index contributed by atoms with van der Waals surface area (Å²) in [5, 5.41) is 7.65. The zero-order valence-corrected chi connectivity index (χ0v) is 10.6. The van der Waals surface area contributed by atoms with Gasteiger partial charge in [-0.3, -0.25) is 5.10 Å². The van der Waals surface area contributed by atoms with Crippen molar-refractivity contribution < 1.29 is 4.74 Å². The van der Waals surface area contributed by atoms with Crippen LogP contribution in [-0.4, -0.2) is 16.8 Å². The Labute approximate surface area is 109 Å². The molecule has 17 heavy (non-hydrogen) atoms. The van der Waals surface area contributed by atoms with Crippen molar-refractivity contribution in [2.45, 2.75) is 6.92 Å². The molecule has 1 aromatic carbocycles. The molecule has 2 rings (SSSR count). The average molecular weight is 272 g/mol. The molecular formula is C11H11Cl2N3O. The number of benzene rings is 1. The predicted octanol–water partition coefficient (Wildman–Crippen LogP) is 3.36. The minimum atomic E-state index is 0.404. The molecule has 2 aromatic rings. The van der Waals surface area contributed by atoms with Gasteiger partial charge in [0.25, 0.3) is 0 Å². The Bertz CT molecular complexity index is 540. The van der Waals surface area contributed by atoms with Crippen molar-refractivity contribution in [1.29, 1.82) is 0 Å². The molecule has 0 bridgehead atoms. The summed E-state index contributed by atoms with van der Waals surface area (Å²) in [7, 11) is 0. The van der Waals surface area contributed by atoms with Crippen LogP contribution in [0.2, 0.25) is 10.0 Å². The normalized spacial score (nSPS) is 10.5. The molecule has 0 aliphatic carbocycles. The van der Waals surface area contributed by atoms with Crippen LogP contribution in [0.4, 0.5) is 5.82 Å². The van der Waals surface area contributed by atoms with E-state index in [2.05, 4.69) is 10.2 Å². The first-order chi connectivity index (χ1) is 8.11. The van der Waals surface area contributed by atoms with Gasteiger partial charge in [0, 0.05) is 17.7 Å². The van der Waals surface area contributed by atoms with Crippen LogP contribution in [0.25, 0.3) is 11.3 Å². The highest BCUT2D eigenvalue weighted by molar-refractivity contribution is 6.36. The second kappa shape index (κ2) is 4.85. The number of ether oxygens (including phenoxy) is 1. The number of hydrogen-bond acceptors (Lipinski definition) is 3. The maximum Gasteiger partial charge on any atom is 0.145 e. The number of halogens is 2. The van der Waals surface area contributed by atoms with Crippen LogP contribution < -0.4 is 10.5 Å². The molecule has 0 fully saturated rings. The van der Waals surface area contributed by atoms with Crippen LogP contribution in [0.3, 0.4) is 0 Å². The van der Waals surface area contributed by atoms with Crippen molar-refractivity contribution in [3.05, 3.63) is 28.2 Å².